The zero-order chi connectivity index (χ0) is 22.2. The Balaban J connectivity index is 1.19. The maximum absolute atomic E-state index is 12.7. The summed E-state index contributed by atoms with van der Waals surface area (Å²) >= 11 is 1.22. The SMILES string of the molecule is CN(C)Cc1nsc(NC(=O)N2CC3C[C@@H](Nc4c(C#N)cnc5[nH]ccc45)C[C@@H]3C2)n1. The smallest absolute Gasteiger partial charge is 0.323 e. The largest absolute Gasteiger partial charge is 0.381 e. The van der Waals surface area contributed by atoms with Crippen molar-refractivity contribution < 1.29 is 4.79 Å². The fraction of sp³-hybridized carbons (Fsp3) is 0.476. The normalized spacial score (nSPS) is 22.3. The Labute approximate surface area is 189 Å². The minimum atomic E-state index is -0.105. The number of likely N-dealkylation sites (tertiary alicyclic amines) is 1. The third-order valence-electron chi connectivity index (χ3n) is 6.23. The van der Waals surface area contributed by atoms with E-state index >= 15 is 0 Å². The number of nitrogens with one attached hydrogen (secondary N) is 3. The van der Waals surface area contributed by atoms with Gasteiger partial charge in [-0.2, -0.15) is 9.64 Å². The summed E-state index contributed by atoms with van der Waals surface area (Å²) in [6.45, 7) is 2.12. The van der Waals surface area contributed by atoms with Crippen LogP contribution in [0.4, 0.5) is 15.6 Å². The van der Waals surface area contributed by atoms with Crippen LogP contribution in [0.2, 0.25) is 0 Å². The summed E-state index contributed by atoms with van der Waals surface area (Å²) < 4.78 is 4.29. The molecule has 3 aromatic rings. The average Bonchev–Trinajstić information content (AvgIpc) is 3.51. The molecule has 32 heavy (non-hydrogen) atoms. The molecule has 0 bridgehead atoms. The quantitative estimate of drug-likeness (QED) is 0.544. The van der Waals surface area contributed by atoms with Gasteiger partial charge in [0.1, 0.15) is 11.7 Å². The lowest BCUT2D eigenvalue weighted by molar-refractivity contribution is 0.218. The van der Waals surface area contributed by atoms with Gasteiger partial charge in [-0.05, 0) is 44.8 Å². The molecular formula is C21H25N9OS. The third kappa shape index (κ3) is 3.99. The number of rotatable bonds is 5. The Hall–Kier alpha value is -3.23. The molecule has 11 heteroatoms. The van der Waals surface area contributed by atoms with Crippen LogP contribution in [0.5, 0.6) is 0 Å². The lowest BCUT2D eigenvalue weighted by atomic mass is 10.0. The van der Waals surface area contributed by atoms with Gasteiger partial charge in [0, 0.05) is 48.4 Å². The molecule has 4 heterocycles. The fourth-order valence-corrected chi connectivity index (χ4v) is 5.43. The summed E-state index contributed by atoms with van der Waals surface area (Å²) in [4.78, 5) is 28.4. The fourth-order valence-electron chi connectivity index (χ4n) is 4.86. The summed E-state index contributed by atoms with van der Waals surface area (Å²) in [5.74, 6) is 1.61. The molecule has 1 aliphatic carbocycles. The van der Waals surface area contributed by atoms with Gasteiger partial charge < -0.3 is 20.1 Å². The van der Waals surface area contributed by atoms with E-state index in [2.05, 4.69) is 36.0 Å². The minimum Gasteiger partial charge on any atom is -0.381 e. The Morgan fingerprint density at radius 1 is 1.38 bits per heavy atom. The van der Waals surface area contributed by atoms with Crippen LogP contribution >= 0.6 is 11.5 Å². The first kappa shape index (κ1) is 20.7. The molecule has 1 saturated carbocycles. The first-order valence-electron chi connectivity index (χ1n) is 10.7. The van der Waals surface area contributed by atoms with Crippen LogP contribution in [0.15, 0.2) is 18.5 Å². The standard InChI is InChI=1S/C21H25N9OS/c1-29(2)11-17-26-20(32-28-17)27-21(31)30-9-12-5-15(6-13(12)10-30)25-18-14(7-22)8-24-19-16(18)3-4-23-19/h3-4,8,12-13,15H,5-6,9-11H2,1-2H3,(H2,23,24,25)(H,26,27,28,31)/t12-,13?,15+/m1/s1. The molecule has 0 aromatic carbocycles. The molecule has 3 atom stereocenters. The summed E-state index contributed by atoms with van der Waals surface area (Å²) in [7, 11) is 3.92. The molecule has 3 aromatic heterocycles. The van der Waals surface area contributed by atoms with Crippen LogP contribution < -0.4 is 10.6 Å². The van der Waals surface area contributed by atoms with Gasteiger partial charge in [0.15, 0.2) is 5.82 Å². The zero-order valence-electron chi connectivity index (χ0n) is 18.0. The van der Waals surface area contributed by atoms with Crippen LogP contribution in [0.1, 0.15) is 24.2 Å². The van der Waals surface area contributed by atoms with E-state index in [0.717, 1.165) is 42.7 Å². The molecule has 1 aliphatic heterocycles. The van der Waals surface area contributed by atoms with E-state index in [0.29, 0.717) is 34.9 Å². The van der Waals surface area contributed by atoms with Crippen molar-refractivity contribution in [2.75, 3.05) is 37.8 Å². The zero-order valence-corrected chi connectivity index (χ0v) is 18.8. The second-order valence-corrected chi connectivity index (χ2v) is 9.57. The number of nitrogens with zero attached hydrogens (tertiary/aromatic N) is 6. The molecule has 10 nitrogen and oxygen atoms in total. The van der Waals surface area contributed by atoms with Crippen molar-refractivity contribution in [1.82, 2.24) is 29.1 Å². The maximum Gasteiger partial charge on any atom is 0.323 e. The highest BCUT2D eigenvalue weighted by Gasteiger charge is 2.42. The number of amides is 2. The molecule has 1 saturated heterocycles. The second-order valence-electron chi connectivity index (χ2n) is 8.82. The van der Waals surface area contributed by atoms with Crippen LogP contribution in [-0.4, -0.2) is 68.4 Å². The summed E-state index contributed by atoms with van der Waals surface area (Å²) in [5, 5.41) is 17.5. The number of hydrogen-bond donors (Lipinski definition) is 3. The Kier molecular flexibility index (Phi) is 5.40. The predicted molar refractivity (Wildman–Crippen MR) is 122 cm³/mol. The summed E-state index contributed by atoms with van der Waals surface area (Å²) in [6, 6.07) is 4.37. The molecule has 3 N–H and O–H groups in total. The lowest BCUT2D eigenvalue weighted by Crippen LogP contribution is -2.34. The van der Waals surface area contributed by atoms with Crippen molar-refractivity contribution in [3.05, 3.63) is 29.8 Å². The summed E-state index contributed by atoms with van der Waals surface area (Å²) in [5.41, 5.74) is 2.18. The third-order valence-corrected chi connectivity index (χ3v) is 6.90. The number of anilines is 2. The van der Waals surface area contributed by atoms with Crippen molar-refractivity contribution in [3.8, 4) is 6.07 Å². The van der Waals surface area contributed by atoms with Gasteiger partial charge >= 0.3 is 6.03 Å². The topological polar surface area (TPSA) is 126 Å². The van der Waals surface area contributed by atoms with Gasteiger partial charge in [-0.3, -0.25) is 5.32 Å². The van der Waals surface area contributed by atoms with Crippen molar-refractivity contribution in [1.29, 1.82) is 5.26 Å². The highest BCUT2D eigenvalue weighted by molar-refractivity contribution is 7.09. The summed E-state index contributed by atoms with van der Waals surface area (Å²) in [6.07, 6.45) is 5.39. The van der Waals surface area contributed by atoms with E-state index < -0.39 is 0 Å². The van der Waals surface area contributed by atoms with Gasteiger partial charge in [0.2, 0.25) is 5.13 Å². The van der Waals surface area contributed by atoms with E-state index in [1.54, 1.807) is 6.20 Å². The number of aromatic nitrogens is 4. The molecule has 2 amide bonds. The number of nitriles is 1. The first-order valence-corrected chi connectivity index (χ1v) is 11.4. The highest BCUT2D eigenvalue weighted by Crippen LogP contribution is 2.40. The molecule has 5 rings (SSSR count). The Morgan fingerprint density at radius 3 is 2.88 bits per heavy atom. The molecular weight excluding hydrogens is 426 g/mol. The molecule has 1 unspecified atom stereocenters. The number of H-pyrrole nitrogens is 1. The van der Waals surface area contributed by atoms with E-state index in [4.69, 9.17) is 0 Å². The van der Waals surface area contributed by atoms with E-state index in [9.17, 15) is 10.1 Å². The number of carbonyl (C=O) groups is 1. The number of aromatic amines is 1. The number of fused-ring (bicyclic) bond motifs is 2. The minimum absolute atomic E-state index is 0.105. The van der Waals surface area contributed by atoms with Crippen LogP contribution in [0.25, 0.3) is 11.0 Å². The van der Waals surface area contributed by atoms with Gasteiger partial charge in [0.05, 0.1) is 17.8 Å². The number of urea groups is 1. The number of pyridine rings is 1. The second kappa shape index (κ2) is 8.37. The molecule has 2 aliphatic rings. The predicted octanol–water partition coefficient (Wildman–Crippen LogP) is 2.70. The van der Waals surface area contributed by atoms with Gasteiger partial charge in [-0.1, -0.05) is 0 Å². The van der Waals surface area contributed by atoms with Gasteiger partial charge in [-0.25, -0.2) is 14.8 Å². The van der Waals surface area contributed by atoms with E-state index in [-0.39, 0.29) is 12.1 Å². The first-order chi connectivity index (χ1) is 15.5. The van der Waals surface area contributed by atoms with Gasteiger partial charge in [0.25, 0.3) is 0 Å². The van der Waals surface area contributed by atoms with Crippen molar-refractivity contribution >= 4 is 39.4 Å². The molecule has 0 spiro atoms. The van der Waals surface area contributed by atoms with Gasteiger partial charge in [-0.15, -0.1) is 0 Å². The monoisotopic (exact) mass is 451 g/mol. The molecule has 166 valence electrons. The van der Waals surface area contributed by atoms with Crippen LogP contribution in [-0.2, 0) is 6.54 Å². The van der Waals surface area contributed by atoms with Crippen molar-refractivity contribution in [3.63, 3.8) is 0 Å². The molecule has 2 fully saturated rings. The average molecular weight is 452 g/mol. The van der Waals surface area contributed by atoms with E-state index in [1.165, 1.54) is 11.5 Å². The van der Waals surface area contributed by atoms with E-state index in [1.807, 2.05) is 36.2 Å². The van der Waals surface area contributed by atoms with Crippen molar-refractivity contribution in [2.24, 2.45) is 11.8 Å². The maximum atomic E-state index is 12.7. The Bertz CT molecular complexity index is 1170. The van der Waals surface area contributed by atoms with Crippen LogP contribution in [0.3, 0.4) is 0 Å². The Morgan fingerprint density at radius 2 is 2.16 bits per heavy atom. The molecule has 0 radical (unpaired) electrons. The van der Waals surface area contributed by atoms with Crippen LogP contribution in [0, 0.1) is 23.2 Å². The highest BCUT2D eigenvalue weighted by atomic mass is 32.1. The number of hydrogen-bond acceptors (Lipinski definition) is 8. The van der Waals surface area contributed by atoms with Crippen molar-refractivity contribution in [2.45, 2.75) is 25.4 Å². The number of carbonyl (C=O) groups excluding carboxylic acids is 1. The lowest BCUT2D eigenvalue weighted by Gasteiger charge is -2.21.